The molecular weight excluding hydrogens is 356 g/mol. The predicted octanol–water partition coefficient (Wildman–Crippen LogP) is 4.83. The van der Waals surface area contributed by atoms with Gasteiger partial charge in [0.05, 0.1) is 22.0 Å². The summed E-state index contributed by atoms with van der Waals surface area (Å²) in [6.07, 6.45) is 0. The topological polar surface area (TPSA) is 61.9 Å². The molecule has 4 rings (SSSR count). The van der Waals surface area contributed by atoms with E-state index >= 15 is 0 Å². The van der Waals surface area contributed by atoms with Crippen LogP contribution in [0, 0.1) is 6.92 Å². The van der Waals surface area contributed by atoms with Crippen molar-refractivity contribution < 1.29 is 4.79 Å². The Balaban J connectivity index is 1.55. The fraction of sp³-hybridized carbons (Fsp3) is 0.190. The van der Waals surface area contributed by atoms with Crippen LogP contribution in [0.5, 0.6) is 0 Å². The van der Waals surface area contributed by atoms with E-state index in [4.69, 9.17) is 0 Å². The fourth-order valence-electron chi connectivity index (χ4n) is 2.90. The number of rotatable bonds is 4. The van der Waals surface area contributed by atoms with Gasteiger partial charge < -0.3 is 4.90 Å². The maximum atomic E-state index is 12.9. The van der Waals surface area contributed by atoms with Gasteiger partial charge in [-0.05, 0) is 32.0 Å². The zero-order valence-corrected chi connectivity index (χ0v) is 16.2. The molecule has 4 aromatic rings. The molecule has 0 fully saturated rings. The van der Waals surface area contributed by atoms with Crippen molar-refractivity contribution in [2.75, 3.05) is 7.05 Å². The van der Waals surface area contributed by atoms with Crippen LogP contribution in [-0.2, 0) is 0 Å². The van der Waals surface area contributed by atoms with Crippen LogP contribution >= 0.6 is 11.3 Å². The molecule has 2 heterocycles. The van der Waals surface area contributed by atoms with E-state index in [0.717, 1.165) is 26.5 Å². The molecule has 0 radical (unpaired) electrons. The second-order valence-electron chi connectivity index (χ2n) is 6.64. The molecule has 1 N–H and O–H groups in total. The van der Waals surface area contributed by atoms with Crippen LogP contribution in [0.25, 0.3) is 21.5 Å². The van der Waals surface area contributed by atoms with E-state index in [1.807, 2.05) is 62.4 Å². The standard InChI is InChI=1S/C21H20N4OS/c1-13-8-10-15(11-9-13)17-12-18(24-23-17)21(26)25(3)14(2)20-22-16-6-4-5-7-19(16)27-20/h4-12,14H,1-3H3,(H,23,24)/t14-/m1/s1. The number of carbonyl (C=O) groups is 1. The number of nitrogens with one attached hydrogen (secondary N) is 1. The molecule has 0 saturated heterocycles. The zero-order chi connectivity index (χ0) is 19.0. The Morgan fingerprint density at radius 1 is 1.15 bits per heavy atom. The Morgan fingerprint density at radius 2 is 1.89 bits per heavy atom. The molecule has 5 nitrogen and oxygen atoms in total. The summed E-state index contributed by atoms with van der Waals surface area (Å²) in [5.74, 6) is -0.104. The number of aromatic amines is 1. The maximum absolute atomic E-state index is 12.9. The number of para-hydroxylation sites is 1. The van der Waals surface area contributed by atoms with Crippen molar-refractivity contribution in [3.63, 3.8) is 0 Å². The van der Waals surface area contributed by atoms with E-state index in [-0.39, 0.29) is 11.9 Å². The van der Waals surface area contributed by atoms with Gasteiger partial charge in [-0.25, -0.2) is 4.98 Å². The molecular formula is C21H20N4OS. The SMILES string of the molecule is Cc1ccc(-c2cc(C(=O)N(C)[C@H](C)c3nc4ccccc4s3)[nH]n2)cc1. The third-order valence-corrected chi connectivity index (χ3v) is 5.93. The first-order valence-electron chi connectivity index (χ1n) is 8.78. The lowest BCUT2D eigenvalue weighted by Crippen LogP contribution is -2.29. The van der Waals surface area contributed by atoms with Gasteiger partial charge in [0.1, 0.15) is 10.7 Å². The molecule has 1 atom stereocenters. The van der Waals surface area contributed by atoms with E-state index < -0.39 is 0 Å². The highest BCUT2D eigenvalue weighted by atomic mass is 32.1. The van der Waals surface area contributed by atoms with E-state index in [1.54, 1.807) is 29.4 Å². The number of fused-ring (bicyclic) bond motifs is 1. The Bertz CT molecular complexity index is 1060. The summed E-state index contributed by atoms with van der Waals surface area (Å²) in [6.45, 7) is 4.04. The number of aryl methyl sites for hydroxylation is 1. The summed E-state index contributed by atoms with van der Waals surface area (Å²) in [6, 6.07) is 17.8. The second kappa shape index (κ2) is 6.96. The average molecular weight is 376 g/mol. The molecule has 27 heavy (non-hydrogen) atoms. The normalized spacial score (nSPS) is 12.3. The van der Waals surface area contributed by atoms with Gasteiger partial charge >= 0.3 is 0 Å². The molecule has 0 aliphatic rings. The lowest BCUT2D eigenvalue weighted by Gasteiger charge is -2.22. The fourth-order valence-corrected chi connectivity index (χ4v) is 3.97. The van der Waals surface area contributed by atoms with Gasteiger partial charge in [-0.3, -0.25) is 9.89 Å². The van der Waals surface area contributed by atoms with E-state index in [0.29, 0.717) is 5.69 Å². The Hall–Kier alpha value is -2.99. The molecule has 2 aromatic carbocycles. The molecule has 0 bridgehead atoms. The number of hydrogen-bond acceptors (Lipinski definition) is 4. The highest BCUT2D eigenvalue weighted by Crippen LogP contribution is 2.29. The third-order valence-electron chi connectivity index (χ3n) is 4.72. The van der Waals surface area contributed by atoms with Crippen molar-refractivity contribution >= 4 is 27.5 Å². The molecule has 0 spiro atoms. The first kappa shape index (κ1) is 17.4. The van der Waals surface area contributed by atoms with Crippen LogP contribution in [0.1, 0.15) is 34.0 Å². The summed E-state index contributed by atoms with van der Waals surface area (Å²) in [7, 11) is 1.80. The Labute approximate surface area is 161 Å². The predicted molar refractivity (Wildman–Crippen MR) is 109 cm³/mol. The van der Waals surface area contributed by atoms with Crippen molar-refractivity contribution in [2.45, 2.75) is 19.9 Å². The van der Waals surface area contributed by atoms with Crippen LogP contribution < -0.4 is 0 Å². The zero-order valence-electron chi connectivity index (χ0n) is 15.4. The first-order chi connectivity index (χ1) is 13.0. The van der Waals surface area contributed by atoms with Gasteiger partial charge in [0.2, 0.25) is 0 Å². The first-order valence-corrected chi connectivity index (χ1v) is 9.59. The number of amides is 1. The lowest BCUT2D eigenvalue weighted by atomic mass is 10.1. The van der Waals surface area contributed by atoms with Crippen molar-refractivity contribution in [2.24, 2.45) is 0 Å². The van der Waals surface area contributed by atoms with E-state index in [1.165, 1.54) is 5.56 Å². The van der Waals surface area contributed by atoms with Crippen molar-refractivity contribution in [3.05, 3.63) is 70.9 Å². The summed E-state index contributed by atoms with van der Waals surface area (Å²) in [4.78, 5) is 19.3. The van der Waals surface area contributed by atoms with Gasteiger partial charge in [0, 0.05) is 12.6 Å². The minimum Gasteiger partial charge on any atom is -0.331 e. The number of thiazole rings is 1. The third kappa shape index (κ3) is 3.36. The molecule has 6 heteroatoms. The van der Waals surface area contributed by atoms with Gasteiger partial charge in [0.25, 0.3) is 5.91 Å². The number of aromatic nitrogens is 3. The number of nitrogens with zero attached hydrogens (tertiary/aromatic N) is 3. The van der Waals surface area contributed by atoms with E-state index in [2.05, 4.69) is 15.2 Å². The Kier molecular flexibility index (Phi) is 4.49. The van der Waals surface area contributed by atoms with Gasteiger partial charge in [-0.15, -0.1) is 11.3 Å². The highest BCUT2D eigenvalue weighted by molar-refractivity contribution is 7.18. The quantitative estimate of drug-likeness (QED) is 0.555. The average Bonchev–Trinajstić information content (AvgIpc) is 3.34. The van der Waals surface area contributed by atoms with Crippen molar-refractivity contribution in [1.29, 1.82) is 0 Å². The molecule has 0 unspecified atom stereocenters. The summed E-state index contributed by atoms with van der Waals surface area (Å²) in [5.41, 5.74) is 4.38. The monoisotopic (exact) mass is 376 g/mol. The summed E-state index contributed by atoms with van der Waals surface area (Å²) in [5, 5.41) is 8.10. The van der Waals surface area contributed by atoms with Crippen molar-refractivity contribution in [1.82, 2.24) is 20.1 Å². The summed E-state index contributed by atoms with van der Waals surface area (Å²) < 4.78 is 1.13. The van der Waals surface area contributed by atoms with Gasteiger partial charge in [-0.2, -0.15) is 5.10 Å². The lowest BCUT2D eigenvalue weighted by molar-refractivity contribution is 0.0736. The van der Waals surface area contributed by atoms with Crippen LogP contribution in [0.3, 0.4) is 0 Å². The summed E-state index contributed by atoms with van der Waals surface area (Å²) >= 11 is 1.62. The molecule has 1 amide bonds. The van der Waals surface area contributed by atoms with Crippen LogP contribution in [0.2, 0.25) is 0 Å². The molecule has 0 saturated carbocycles. The number of benzene rings is 2. The minimum atomic E-state index is -0.124. The molecule has 136 valence electrons. The largest absolute Gasteiger partial charge is 0.331 e. The van der Waals surface area contributed by atoms with Gasteiger partial charge in [-0.1, -0.05) is 42.0 Å². The van der Waals surface area contributed by atoms with Gasteiger partial charge in [0.15, 0.2) is 0 Å². The number of hydrogen-bond donors (Lipinski definition) is 1. The van der Waals surface area contributed by atoms with E-state index in [9.17, 15) is 4.79 Å². The Morgan fingerprint density at radius 3 is 2.63 bits per heavy atom. The number of H-pyrrole nitrogens is 1. The molecule has 0 aliphatic carbocycles. The minimum absolute atomic E-state index is 0.104. The number of carbonyl (C=O) groups excluding carboxylic acids is 1. The molecule has 2 aromatic heterocycles. The second-order valence-corrected chi connectivity index (χ2v) is 7.71. The van der Waals surface area contributed by atoms with Crippen LogP contribution in [0.4, 0.5) is 0 Å². The van der Waals surface area contributed by atoms with Crippen LogP contribution in [-0.4, -0.2) is 33.0 Å². The van der Waals surface area contributed by atoms with Crippen LogP contribution in [0.15, 0.2) is 54.6 Å². The van der Waals surface area contributed by atoms with Crippen molar-refractivity contribution in [3.8, 4) is 11.3 Å². The smallest absolute Gasteiger partial charge is 0.272 e. The highest BCUT2D eigenvalue weighted by Gasteiger charge is 2.23. The molecule has 0 aliphatic heterocycles. The maximum Gasteiger partial charge on any atom is 0.272 e.